The smallest absolute Gasteiger partial charge is 0.299 e. The molecule has 0 saturated heterocycles. The van der Waals surface area contributed by atoms with Crippen molar-refractivity contribution in [2.24, 2.45) is 0 Å². The van der Waals surface area contributed by atoms with E-state index in [0.717, 1.165) is 31.7 Å². The zero-order valence-electron chi connectivity index (χ0n) is 15.7. The zero-order valence-corrected chi connectivity index (χ0v) is 16.4. The third-order valence-corrected chi connectivity index (χ3v) is 5.11. The van der Waals surface area contributed by atoms with Crippen molar-refractivity contribution in [2.75, 3.05) is 5.32 Å². The minimum atomic E-state index is -0.871. The Kier molecular flexibility index (Phi) is 6.48. The van der Waals surface area contributed by atoms with Gasteiger partial charge in [0.05, 0.1) is 5.02 Å². The molecule has 0 spiro atoms. The number of nitrogens with one attached hydrogen (secondary N) is 2. The average molecular weight is 423 g/mol. The van der Waals surface area contributed by atoms with Gasteiger partial charge in [0, 0.05) is 29.9 Å². The first-order chi connectivity index (χ1) is 13.8. The first-order valence-electron chi connectivity index (χ1n) is 9.15. The Morgan fingerprint density at radius 3 is 2.72 bits per heavy atom. The van der Waals surface area contributed by atoms with Gasteiger partial charge in [-0.3, -0.25) is 9.63 Å². The number of rotatable bonds is 6. The van der Waals surface area contributed by atoms with Crippen molar-refractivity contribution in [3.63, 3.8) is 0 Å². The van der Waals surface area contributed by atoms with E-state index in [1.165, 1.54) is 24.4 Å². The molecule has 1 aromatic carbocycles. The standard InChI is InChI=1S/C19H20ClFN4O4/c1-11-10-22-18(9-17(11)29-25(27)28)23-15-4-2-3-5-16(15)24-19(26)12-6-7-14(21)13(20)8-12/h6-10,15-16H,2-5H2,1H3,(H,22,23)(H,24,26). The van der Waals surface area contributed by atoms with Gasteiger partial charge >= 0.3 is 0 Å². The number of anilines is 1. The fraction of sp³-hybridized carbons (Fsp3) is 0.368. The van der Waals surface area contributed by atoms with Gasteiger partial charge in [-0.05, 0) is 43.5 Å². The summed E-state index contributed by atoms with van der Waals surface area (Å²) in [5, 5.41) is 15.8. The molecule has 3 rings (SSSR count). The van der Waals surface area contributed by atoms with E-state index >= 15 is 0 Å². The van der Waals surface area contributed by atoms with Crippen molar-refractivity contribution in [3.05, 3.63) is 62.5 Å². The number of hydrogen-bond acceptors (Lipinski definition) is 6. The summed E-state index contributed by atoms with van der Waals surface area (Å²) >= 11 is 5.76. The van der Waals surface area contributed by atoms with Crippen LogP contribution in [0.3, 0.4) is 0 Å². The molecule has 154 valence electrons. The highest BCUT2D eigenvalue weighted by molar-refractivity contribution is 6.31. The highest BCUT2D eigenvalue weighted by Gasteiger charge is 2.27. The van der Waals surface area contributed by atoms with Crippen LogP contribution in [0.4, 0.5) is 10.2 Å². The molecule has 1 saturated carbocycles. The molecular weight excluding hydrogens is 403 g/mol. The Hall–Kier alpha value is -2.94. The molecule has 2 aromatic rings. The lowest BCUT2D eigenvalue weighted by molar-refractivity contribution is -0.711. The van der Waals surface area contributed by atoms with Gasteiger partial charge in [0.15, 0.2) is 0 Å². The predicted molar refractivity (Wildman–Crippen MR) is 105 cm³/mol. The Balaban J connectivity index is 1.72. The number of nitrogens with zero attached hydrogens (tertiary/aromatic N) is 2. The van der Waals surface area contributed by atoms with E-state index in [4.69, 9.17) is 11.6 Å². The fourth-order valence-electron chi connectivity index (χ4n) is 3.32. The summed E-state index contributed by atoms with van der Waals surface area (Å²) in [5.74, 6) is -0.410. The molecule has 1 aliphatic rings. The quantitative estimate of drug-likeness (QED) is 0.540. The topological polar surface area (TPSA) is 106 Å². The van der Waals surface area contributed by atoms with E-state index in [0.29, 0.717) is 11.4 Å². The third-order valence-electron chi connectivity index (χ3n) is 4.82. The van der Waals surface area contributed by atoms with E-state index in [-0.39, 0.29) is 34.3 Å². The monoisotopic (exact) mass is 422 g/mol. The van der Waals surface area contributed by atoms with Crippen LogP contribution in [0.15, 0.2) is 30.5 Å². The number of aryl methyl sites for hydroxylation is 1. The van der Waals surface area contributed by atoms with Gasteiger partial charge in [0.25, 0.3) is 11.0 Å². The molecule has 1 heterocycles. The van der Waals surface area contributed by atoms with Gasteiger partial charge in [-0.25, -0.2) is 9.37 Å². The van der Waals surface area contributed by atoms with Crippen molar-refractivity contribution < 1.29 is 19.1 Å². The summed E-state index contributed by atoms with van der Waals surface area (Å²) < 4.78 is 13.3. The van der Waals surface area contributed by atoms with Crippen LogP contribution in [0.2, 0.25) is 5.02 Å². The minimum Gasteiger partial charge on any atom is -0.365 e. The summed E-state index contributed by atoms with van der Waals surface area (Å²) in [4.78, 5) is 32.0. The highest BCUT2D eigenvalue weighted by Crippen LogP contribution is 2.26. The Morgan fingerprint density at radius 1 is 1.31 bits per heavy atom. The Bertz CT molecular complexity index is 927. The number of amides is 1. The van der Waals surface area contributed by atoms with E-state index in [1.54, 1.807) is 6.92 Å². The largest absolute Gasteiger partial charge is 0.365 e. The van der Waals surface area contributed by atoms with Gasteiger partial charge in [0.1, 0.15) is 17.4 Å². The number of benzene rings is 1. The van der Waals surface area contributed by atoms with Gasteiger partial charge in [-0.15, -0.1) is 10.1 Å². The third kappa shape index (κ3) is 5.32. The predicted octanol–water partition coefficient (Wildman–Crippen LogP) is 3.91. The second kappa shape index (κ2) is 9.04. The van der Waals surface area contributed by atoms with E-state index in [1.807, 2.05) is 0 Å². The Morgan fingerprint density at radius 2 is 2.03 bits per heavy atom. The van der Waals surface area contributed by atoms with Gasteiger partial charge in [-0.1, -0.05) is 24.4 Å². The number of aromatic nitrogens is 1. The number of halogens is 2. The van der Waals surface area contributed by atoms with Crippen LogP contribution in [0.1, 0.15) is 41.6 Å². The molecule has 2 N–H and O–H groups in total. The second-order valence-corrected chi connectivity index (χ2v) is 7.30. The van der Waals surface area contributed by atoms with Crippen LogP contribution in [0, 0.1) is 22.9 Å². The molecule has 1 fully saturated rings. The molecule has 10 heteroatoms. The maximum Gasteiger partial charge on any atom is 0.299 e. The molecule has 0 bridgehead atoms. The lowest BCUT2D eigenvalue weighted by Gasteiger charge is -2.33. The normalized spacial score (nSPS) is 18.7. The highest BCUT2D eigenvalue weighted by atomic mass is 35.5. The van der Waals surface area contributed by atoms with Crippen LogP contribution in [-0.2, 0) is 0 Å². The van der Waals surface area contributed by atoms with Crippen molar-refractivity contribution in [1.29, 1.82) is 0 Å². The minimum absolute atomic E-state index is 0.102. The SMILES string of the molecule is Cc1cnc(NC2CCCCC2NC(=O)c2ccc(F)c(Cl)c2)cc1O[N+](=O)[O-]. The van der Waals surface area contributed by atoms with E-state index in [9.17, 15) is 19.3 Å². The van der Waals surface area contributed by atoms with E-state index in [2.05, 4.69) is 20.5 Å². The summed E-state index contributed by atoms with van der Waals surface area (Å²) in [7, 11) is 0. The average Bonchev–Trinajstić information content (AvgIpc) is 2.67. The van der Waals surface area contributed by atoms with Crippen molar-refractivity contribution >= 4 is 23.3 Å². The molecule has 8 nitrogen and oxygen atoms in total. The van der Waals surface area contributed by atoms with Crippen molar-refractivity contribution in [2.45, 2.75) is 44.7 Å². The summed E-state index contributed by atoms with van der Waals surface area (Å²) in [6.07, 6.45) is 4.94. The van der Waals surface area contributed by atoms with Crippen LogP contribution >= 0.6 is 11.6 Å². The molecule has 1 amide bonds. The summed E-state index contributed by atoms with van der Waals surface area (Å²) in [6.45, 7) is 1.66. The molecule has 2 atom stereocenters. The lowest BCUT2D eigenvalue weighted by atomic mass is 9.90. The van der Waals surface area contributed by atoms with E-state index < -0.39 is 10.9 Å². The van der Waals surface area contributed by atoms with Gasteiger partial charge in [-0.2, -0.15) is 0 Å². The van der Waals surface area contributed by atoms with Gasteiger partial charge < -0.3 is 10.6 Å². The molecule has 1 aliphatic carbocycles. The number of carbonyl (C=O) groups is 1. The van der Waals surface area contributed by atoms with Crippen LogP contribution in [0.5, 0.6) is 5.75 Å². The fourth-order valence-corrected chi connectivity index (χ4v) is 3.50. The molecule has 1 aromatic heterocycles. The molecule has 0 aliphatic heterocycles. The van der Waals surface area contributed by atoms with Crippen molar-refractivity contribution in [1.82, 2.24) is 10.3 Å². The van der Waals surface area contributed by atoms with Crippen LogP contribution in [-0.4, -0.2) is 28.1 Å². The maximum absolute atomic E-state index is 13.3. The Labute approximate surface area is 171 Å². The zero-order chi connectivity index (χ0) is 21.0. The summed E-state index contributed by atoms with van der Waals surface area (Å²) in [5.41, 5.74) is 0.810. The second-order valence-electron chi connectivity index (χ2n) is 6.89. The molecule has 2 unspecified atom stereocenters. The first-order valence-corrected chi connectivity index (χ1v) is 9.52. The van der Waals surface area contributed by atoms with Crippen molar-refractivity contribution in [3.8, 4) is 5.75 Å². The van der Waals surface area contributed by atoms with Gasteiger partial charge in [0.2, 0.25) is 0 Å². The number of hydrogen-bond donors (Lipinski definition) is 2. The molecule has 29 heavy (non-hydrogen) atoms. The summed E-state index contributed by atoms with van der Waals surface area (Å²) in [6, 6.07) is 4.97. The number of carbonyl (C=O) groups excluding carboxylic acids is 1. The molecule has 0 radical (unpaired) electrons. The number of pyridine rings is 1. The van der Waals surface area contributed by atoms with Crippen LogP contribution < -0.4 is 15.5 Å². The van der Waals surface area contributed by atoms with Crippen LogP contribution in [0.25, 0.3) is 0 Å². The first kappa shape index (κ1) is 20.8. The maximum atomic E-state index is 13.3. The lowest BCUT2D eigenvalue weighted by Crippen LogP contribution is -2.48. The molecular formula is C19H20ClFN4O4.